The quantitative estimate of drug-likeness (QED) is 0.795. The normalized spacial score (nSPS) is 11.8. The van der Waals surface area contributed by atoms with E-state index >= 15 is 0 Å². The first-order valence-corrected chi connectivity index (χ1v) is 6.88. The van der Waals surface area contributed by atoms with Crippen molar-refractivity contribution in [2.75, 3.05) is 7.11 Å². The number of alkyl halides is 4. The standard InChI is InChI=1S/C12H10ClF3N2OS/c1-19-6-8-9(4-13)20-11(18-8)7-2-3-10(17-5-7)12(14,15)16/h2-3,5H,4,6H2,1H3. The third-order valence-electron chi connectivity index (χ3n) is 2.48. The Kier molecular flexibility index (Phi) is 4.62. The molecule has 20 heavy (non-hydrogen) atoms. The molecule has 0 saturated heterocycles. The Morgan fingerprint density at radius 1 is 1.35 bits per heavy atom. The van der Waals surface area contributed by atoms with Crippen LogP contribution in [0.5, 0.6) is 0 Å². The van der Waals surface area contributed by atoms with Crippen LogP contribution in [0, 0.1) is 0 Å². The lowest BCUT2D eigenvalue weighted by molar-refractivity contribution is -0.141. The Balaban J connectivity index is 2.32. The van der Waals surface area contributed by atoms with Crippen molar-refractivity contribution < 1.29 is 17.9 Å². The van der Waals surface area contributed by atoms with Crippen LogP contribution in [0.4, 0.5) is 13.2 Å². The fourth-order valence-corrected chi connectivity index (χ4v) is 2.77. The molecule has 2 rings (SSSR count). The van der Waals surface area contributed by atoms with Crippen molar-refractivity contribution in [1.29, 1.82) is 0 Å². The second-order valence-electron chi connectivity index (χ2n) is 3.89. The molecule has 0 saturated carbocycles. The first kappa shape index (κ1) is 15.2. The van der Waals surface area contributed by atoms with Gasteiger partial charge in [0, 0.05) is 23.7 Å². The fraction of sp³-hybridized carbons (Fsp3) is 0.333. The fourth-order valence-electron chi connectivity index (χ4n) is 1.55. The highest BCUT2D eigenvalue weighted by atomic mass is 35.5. The summed E-state index contributed by atoms with van der Waals surface area (Å²) in [5, 5.41) is 0.578. The van der Waals surface area contributed by atoms with E-state index in [2.05, 4.69) is 9.97 Å². The zero-order chi connectivity index (χ0) is 14.8. The number of nitrogens with zero attached hydrogens (tertiary/aromatic N) is 2. The average molecular weight is 323 g/mol. The van der Waals surface area contributed by atoms with Crippen molar-refractivity contribution in [3.8, 4) is 10.6 Å². The Bertz CT molecular complexity index is 583. The van der Waals surface area contributed by atoms with Crippen molar-refractivity contribution in [2.24, 2.45) is 0 Å². The maximum Gasteiger partial charge on any atom is 0.433 e. The molecular formula is C12H10ClF3N2OS. The van der Waals surface area contributed by atoms with Gasteiger partial charge in [-0.3, -0.25) is 4.98 Å². The van der Waals surface area contributed by atoms with Crippen LogP contribution >= 0.6 is 22.9 Å². The Labute approximate surface area is 122 Å². The van der Waals surface area contributed by atoms with Gasteiger partial charge in [-0.05, 0) is 12.1 Å². The molecule has 0 aliphatic rings. The van der Waals surface area contributed by atoms with E-state index in [9.17, 15) is 13.2 Å². The van der Waals surface area contributed by atoms with Crippen molar-refractivity contribution >= 4 is 22.9 Å². The van der Waals surface area contributed by atoms with Gasteiger partial charge in [0.1, 0.15) is 10.7 Å². The third kappa shape index (κ3) is 3.28. The summed E-state index contributed by atoms with van der Waals surface area (Å²) in [5.74, 6) is 0.282. The molecular weight excluding hydrogens is 313 g/mol. The van der Waals surface area contributed by atoms with Crippen LogP contribution < -0.4 is 0 Å². The number of aromatic nitrogens is 2. The maximum absolute atomic E-state index is 12.4. The van der Waals surface area contributed by atoms with Crippen LogP contribution in [-0.4, -0.2) is 17.1 Å². The second-order valence-corrected chi connectivity index (χ2v) is 5.24. The van der Waals surface area contributed by atoms with Gasteiger partial charge in [-0.2, -0.15) is 13.2 Å². The van der Waals surface area contributed by atoms with E-state index < -0.39 is 11.9 Å². The zero-order valence-corrected chi connectivity index (χ0v) is 11.9. The van der Waals surface area contributed by atoms with Gasteiger partial charge in [0.15, 0.2) is 0 Å². The second kappa shape index (κ2) is 6.07. The largest absolute Gasteiger partial charge is 0.433 e. The molecule has 0 fully saturated rings. The molecule has 2 aromatic heterocycles. The van der Waals surface area contributed by atoms with Gasteiger partial charge in [0.25, 0.3) is 0 Å². The van der Waals surface area contributed by atoms with E-state index in [0.717, 1.165) is 17.1 Å². The highest BCUT2D eigenvalue weighted by molar-refractivity contribution is 7.15. The van der Waals surface area contributed by atoms with Gasteiger partial charge in [0.2, 0.25) is 0 Å². The molecule has 0 aromatic carbocycles. The minimum absolute atomic E-state index is 0.282. The van der Waals surface area contributed by atoms with Crippen LogP contribution in [0.15, 0.2) is 18.3 Å². The SMILES string of the molecule is COCc1nc(-c2ccc(C(F)(F)F)nc2)sc1CCl. The van der Waals surface area contributed by atoms with Gasteiger partial charge in [-0.1, -0.05) is 0 Å². The molecule has 0 amide bonds. The lowest BCUT2D eigenvalue weighted by Gasteiger charge is -2.05. The van der Waals surface area contributed by atoms with Crippen LogP contribution in [0.25, 0.3) is 10.6 Å². The van der Waals surface area contributed by atoms with Crippen LogP contribution in [0.3, 0.4) is 0 Å². The number of halogens is 4. The molecule has 0 aliphatic carbocycles. The van der Waals surface area contributed by atoms with E-state index in [1.54, 1.807) is 0 Å². The highest BCUT2D eigenvalue weighted by Gasteiger charge is 2.32. The van der Waals surface area contributed by atoms with Gasteiger partial charge >= 0.3 is 6.18 Å². The summed E-state index contributed by atoms with van der Waals surface area (Å²) in [4.78, 5) is 8.57. The molecule has 0 atom stereocenters. The summed E-state index contributed by atoms with van der Waals surface area (Å²) < 4.78 is 42.3. The van der Waals surface area contributed by atoms with E-state index in [-0.39, 0.29) is 5.88 Å². The van der Waals surface area contributed by atoms with Crippen molar-refractivity contribution in [3.63, 3.8) is 0 Å². The minimum atomic E-state index is -4.44. The summed E-state index contributed by atoms with van der Waals surface area (Å²) in [7, 11) is 1.54. The van der Waals surface area contributed by atoms with Crippen LogP contribution in [0.1, 0.15) is 16.3 Å². The summed E-state index contributed by atoms with van der Waals surface area (Å²) in [6, 6.07) is 2.29. The molecule has 0 unspecified atom stereocenters. The number of pyridine rings is 1. The van der Waals surface area contributed by atoms with Gasteiger partial charge < -0.3 is 4.74 Å². The summed E-state index contributed by atoms with van der Waals surface area (Å²) >= 11 is 7.13. The molecule has 0 aliphatic heterocycles. The average Bonchev–Trinajstić information content (AvgIpc) is 2.81. The molecule has 2 aromatic rings. The predicted octanol–water partition coefficient (Wildman–Crippen LogP) is 4.11. The predicted molar refractivity (Wildman–Crippen MR) is 70.6 cm³/mol. The smallest absolute Gasteiger partial charge is 0.378 e. The number of ether oxygens (including phenoxy) is 1. The molecule has 8 heteroatoms. The van der Waals surface area contributed by atoms with E-state index in [1.807, 2.05) is 0 Å². The van der Waals surface area contributed by atoms with E-state index in [4.69, 9.17) is 16.3 Å². The monoisotopic (exact) mass is 322 g/mol. The molecule has 0 radical (unpaired) electrons. The topological polar surface area (TPSA) is 35.0 Å². The Hall–Kier alpha value is -1.18. The van der Waals surface area contributed by atoms with Crippen LogP contribution in [-0.2, 0) is 23.4 Å². The van der Waals surface area contributed by atoms with Gasteiger partial charge in [-0.15, -0.1) is 22.9 Å². The highest BCUT2D eigenvalue weighted by Crippen LogP contribution is 2.32. The van der Waals surface area contributed by atoms with Crippen molar-refractivity contribution in [3.05, 3.63) is 34.6 Å². The van der Waals surface area contributed by atoms with E-state index in [1.165, 1.54) is 24.5 Å². The van der Waals surface area contributed by atoms with Crippen LogP contribution in [0.2, 0.25) is 0 Å². The molecule has 0 spiro atoms. The maximum atomic E-state index is 12.4. The summed E-state index contributed by atoms with van der Waals surface area (Å²) in [6.07, 6.45) is -3.28. The first-order chi connectivity index (χ1) is 9.45. The third-order valence-corrected chi connectivity index (χ3v) is 4.05. The lowest BCUT2D eigenvalue weighted by Crippen LogP contribution is -2.07. The number of hydrogen-bond donors (Lipinski definition) is 0. The summed E-state index contributed by atoms with van der Waals surface area (Å²) in [5.41, 5.74) is 0.298. The Morgan fingerprint density at radius 2 is 2.10 bits per heavy atom. The molecule has 3 nitrogen and oxygen atoms in total. The van der Waals surface area contributed by atoms with Gasteiger partial charge in [-0.25, -0.2) is 4.98 Å². The Morgan fingerprint density at radius 3 is 2.60 bits per heavy atom. The first-order valence-electron chi connectivity index (χ1n) is 5.52. The van der Waals surface area contributed by atoms with Crippen molar-refractivity contribution in [1.82, 2.24) is 9.97 Å². The number of methoxy groups -OCH3 is 1. The molecule has 0 N–H and O–H groups in total. The zero-order valence-electron chi connectivity index (χ0n) is 10.4. The minimum Gasteiger partial charge on any atom is -0.378 e. The summed E-state index contributed by atoms with van der Waals surface area (Å²) in [6.45, 7) is 0.312. The lowest BCUT2D eigenvalue weighted by atomic mass is 10.2. The number of rotatable bonds is 4. The van der Waals surface area contributed by atoms with Crippen molar-refractivity contribution in [2.45, 2.75) is 18.7 Å². The molecule has 108 valence electrons. The molecule has 0 bridgehead atoms. The number of hydrogen-bond acceptors (Lipinski definition) is 4. The van der Waals surface area contributed by atoms with Gasteiger partial charge in [0.05, 0.1) is 18.2 Å². The number of thiazole rings is 1. The molecule has 2 heterocycles. The van der Waals surface area contributed by atoms with E-state index in [0.29, 0.717) is 22.9 Å².